The van der Waals surface area contributed by atoms with Gasteiger partial charge in [0.1, 0.15) is 11.6 Å². The lowest BCUT2D eigenvalue weighted by molar-refractivity contribution is 0.0943. The number of imidazole rings is 2. The zero-order valence-electron chi connectivity index (χ0n) is 44.5. The van der Waals surface area contributed by atoms with Crippen molar-refractivity contribution in [3.63, 3.8) is 0 Å². The van der Waals surface area contributed by atoms with E-state index < -0.39 is 31.3 Å². The van der Waals surface area contributed by atoms with E-state index in [-0.39, 0.29) is 45.7 Å². The average molecular weight is 1130 g/mol. The first kappa shape index (κ1) is 54.2. The summed E-state index contributed by atoms with van der Waals surface area (Å²) in [5.74, 6) is 3.24. The number of hydrogen-bond acceptors (Lipinski definition) is 14. The number of fused-ring (bicyclic) bond motifs is 2. The molecule has 416 valence electrons. The number of halogens is 2. The van der Waals surface area contributed by atoms with Crippen molar-refractivity contribution in [1.29, 1.82) is 0 Å². The van der Waals surface area contributed by atoms with E-state index in [2.05, 4.69) is 49.5 Å². The molecule has 0 radical (unpaired) electrons. The van der Waals surface area contributed by atoms with Crippen molar-refractivity contribution >= 4 is 65.5 Å². The van der Waals surface area contributed by atoms with Crippen molar-refractivity contribution in [3.05, 3.63) is 155 Å². The van der Waals surface area contributed by atoms with Crippen LogP contribution < -0.4 is 20.4 Å². The number of aromatic nitrogens is 8. The first-order valence-corrected chi connectivity index (χ1v) is 30.6. The highest BCUT2D eigenvalue weighted by Gasteiger charge is 2.35. The van der Waals surface area contributed by atoms with Gasteiger partial charge in [-0.3, -0.25) is 9.59 Å². The van der Waals surface area contributed by atoms with Crippen molar-refractivity contribution in [2.24, 2.45) is 5.92 Å². The van der Waals surface area contributed by atoms with Crippen LogP contribution in [-0.2, 0) is 45.9 Å². The summed E-state index contributed by atoms with van der Waals surface area (Å²) >= 11 is 0. The second kappa shape index (κ2) is 22.8. The van der Waals surface area contributed by atoms with Crippen LogP contribution in [0.25, 0.3) is 22.1 Å². The zero-order valence-corrected chi connectivity index (χ0v) is 46.1. The van der Waals surface area contributed by atoms with Crippen LogP contribution in [0.1, 0.15) is 114 Å². The third-order valence-corrected chi connectivity index (χ3v) is 18.9. The van der Waals surface area contributed by atoms with E-state index in [9.17, 15) is 35.2 Å². The molecule has 0 unspecified atom stereocenters. The highest BCUT2D eigenvalue weighted by atomic mass is 32.2. The van der Waals surface area contributed by atoms with Gasteiger partial charge in [0, 0.05) is 74.8 Å². The fourth-order valence-electron chi connectivity index (χ4n) is 10.6. The number of carbonyl (C=O) groups is 2. The molecule has 2 aliphatic heterocycles. The Labute approximate surface area is 463 Å². The second-order valence-electron chi connectivity index (χ2n) is 21.1. The topological polar surface area (TPSA) is 220 Å². The summed E-state index contributed by atoms with van der Waals surface area (Å²) in [6.07, 6.45) is 12.2. The Morgan fingerprint density at radius 1 is 0.575 bits per heavy atom. The normalized spacial score (nSPS) is 17.4. The summed E-state index contributed by atoms with van der Waals surface area (Å²) in [6, 6.07) is 24.6. The Kier molecular flexibility index (Phi) is 15.5. The van der Waals surface area contributed by atoms with Crippen LogP contribution in [0.4, 0.5) is 20.7 Å². The first-order valence-electron chi connectivity index (χ1n) is 27.3. The van der Waals surface area contributed by atoms with E-state index in [4.69, 9.17) is 9.97 Å². The van der Waals surface area contributed by atoms with Gasteiger partial charge in [0.05, 0.1) is 68.2 Å². The third kappa shape index (κ3) is 12.1. The number of nitrogens with zero attached hydrogens (tertiary/aromatic N) is 10. The molecule has 80 heavy (non-hydrogen) atoms. The molecule has 4 fully saturated rings. The molecule has 2 saturated carbocycles. The van der Waals surface area contributed by atoms with Crippen molar-refractivity contribution in [1.82, 2.24) is 49.7 Å². The number of rotatable bonds is 18. The Balaban J connectivity index is 0.000000169. The maximum absolute atomic E-state index is 13.4. The molecule has 4 aliphatic rings. The second-order valence-corrected chi connectivity index (χ2v) is 25.6. The fourth-order valence-corrected chi connectivity index (χ4v) is 12.4. The van der Waals surface area contributed by atoms with Gasteiger partial charge in [-0.1, -0.05) is 38.1 Å². The maximum atomic E-state index is 13.4. The van der Waals surface area contributed by atoms with Crippen LogP contribution in [0, 0.1) is 17.6 Å². The van der Waals surface area contributed by atoms with Crippen molar-refractivity contribution in [2.75, 3.05) is 40.9 Å². The molecule has 18 nitrogen and oxygen atoms in total. The largest absolute Gasteiger partial charge is 0.348 e. The summed E-state index contributed by atoms with van der Waals surface area (Å²) in [5, 5.41) is 5.85. The quantitative estimate of drug-likeness (QED) is 0.0825. The van der Waals surface area contributed by atoms with Gasteiger partial charge in [0.25, 0.3) is 11.8 Å². The van der Waals surface area contributed by atoms with Gasteiger partial charge in [-0.15, -0.1) is 0 Å². The maximum Gasteiger partial charge on any atom is 0.251 e. The molecule has 6 heterocycles. The molecule has 0 spiro atoms. The monoisotopic (exact) mass is 1120 g/mol. The van der Waals surface area contributed by atoms with E-state index in [0.29, 0.717) is 47.3 Å². The standard InChI is InChI=1S/2C29H31FN6O3S/c1-2-40(38,39)24-8-3-19(4-9-24)14-31-28(37)22-7-10-26-25(13-22)34-27(21-5-6-21)36(26)18-20-11-12-35(17-20)29-32-15-23(30)16-33-29;1-2-40(38,39)24-10-5-19(6-11-24)15-31-28(37)21-9-12-26-25(14-21)34-27(20-7-8-20)36(26)18-23-4-3-13-35(23)29-32-16-22(30)17-33-29/h3-4,7-10,13,15-16,20-21H,2,5-6,11-12,14,17-18H2,1H3,(H,31,37);5-6,9-12,14,16-17,20,23H,2-4,7-8,13,15,18H2,1H3,(H,31,37)/t20-;23-/m01/s1. The molecule has 2 atom stereocenters. The molecule has 2 N–H and O–H groups in total. The number of benzene rings is 4. The summed E-state index contributed by atoms with van der Waals surface area (Å²) in [5.41, 5.74) is 6.28. The molecular formula is C58H62F2N12O6S2. The molecule has 4 aromatic heterocycles. The minimum Gasteiger partial charge on any atom is -0.348 e. The van der Waals surface area contributed by atoms with Crippen LogP contribution >= 0.6 is 0 Å². The number of anilines is 2. The molecule has 22 heteroatoms. The highest BCUT2D eigenvalue weighted by Crippen LogP contribution is 2.43. The Bertz CT molecular complexity index is 3800. The predicted molar refractivity (Wildman–Crippen MR) is 299 cm³/mol. The Morgan fingerprint density at radius 2 is 1.04 bits per heavy atom. The van der Waals surface area contributed by atoms with Gasteiger partial charge >= 0.3 is 0 Å². The summed E-state index contributed by atoms with van der Waals surface area (Å²) in [6.45, 7) is 7.78. The summed E-state index contributed by atoms with van der Waals surface area (Å²) < 4.78 is 79.3. The van der Waals surface area contributed by atoms with Gasteiger partial charge in [-0.25, -0.2) is 55.5 Å². The van der Waals surface area contributed by atoms with E-state index in [1.807, 2.05) is 36.4 Å². The number of amides is 2. The predicted octanol–water partition coefficient (Wildman–Crippen LogP) is 8.33. The molecule has 2 amide bonds. The zero-order chi connectivity index (χ0) is 55.7. The number of hydrogen-bond donors (Lipinski definition) is 2. The number of nitrogens with one attached hydrogen (secondary N) is 2. The molecule has 2 aliphatic carbocycles. The highest BCUT2D eigenvalue weighted by molar-refractivity contribution is 7.91. The van der Waals surface area contributed by atoms with E-state index in [1.165, 1.54) is 24.8 Å². The smallest absolute Gasteiger partial charge is 0.251 e. The molecule has 0 bridgehead atoms. The lowest BCUT2D eigenvalue weighted by Gasteiger charge is -2.25. The van der Waals surface area contributed by atoms with Crippen molar-refractivity contribution < 1.29 is 35.2 Å². The Hall–Kier alpha value is -7.72. The lowest BCUT2D eigenvalue weighted by atomic mass is 10.1. The van der Waals surface area contributed by atoms with Gasteiger partial charge in [0.15, 0.2) is 31.3 Å². The first-order chi connectivity index (χ1) is 38.6. The Morgan fingerprint density at radius 3 is 1.50 bits per heavy atom. The van der Waals surface area contributed by atoms with Crippen LogP contribution in [0.15, 0.2) is 120 Å². The molecule has 4 aromatic carbocycles. The summed E-state index contributed by atoms with van der Waals surface area (Å²) in [7, 11) is -6.51. The van der Waals surface area contributed by atoms with Crippen molar-refractivity contribution in [2.45, 2.75) is 113 Å². The molecule has 8 aromatic rings. The van der Waals surface area contributed by atoms with Crippen molar-refractivity contribution in [3.8, 4) is 0 Å². The van der Waals surface area contributed by atoms with Gasteiger partial charge in [-0.2, -0.15) is 0 Å². The molecule has 12 rings (SSSR count). The van der Waals surface area contributed by atoms with E-state index in [1.54, 1.807) is 62.4 Å². The fraction of sp³-hybridized carbons (Fsp3) is 0.379. The van der Waals surface area contributed by atoms with Gasteiger partial charge in [0.2, 0.25) is 11.9 Å². The number of carbonyl (C=O) groups excluding carboxylic acids is 2. The minimum absolute atomic E-state index is 0.0470. The van der Waals surface area contributed by atoms with Gasteiger partial charge in [-0.05, 0) is 123 Å². The van der Waals surface area contributed by atoms with Crippen LogP contribution in [-0.4, -0.2) is 105 Å². The van der Waals surface area contributed by atoms with Gasteiger partial charge < -0.3 is 29.6 Å². The van der Waals surface area contributed by atoms with Crippen LogP contribution in [0.5, 0.6) is 0 Å². The average Bonchev–Trinajstić information content (AvgIpc) is 4.52. The minimum atomic E-state index is -3.26. The molecular weight excluding hydrogens is 1060 g/mol. The van der Waals surface area contributed by atoms with E-state index >= 15 is 0 Å². The van der Waals surface area contributed by atoms with Crippen LogP contribution in [0.3, 0.4) is 0 Å². The SMILES string of the molecule is CCS(=O)(=O)c1ccc(CNC(=O)c2ccc3c(c2)nc(C2CC2)n3C[C@H]2CCCN2c2ncc(F)cn2)cc1.CCS(=O)(=O)c1ccc(CNC(=O)c2ccc3c(c2)nc(C2CC2)n3C[C@H]2CCN(c3ncc(F)cn3)C2)cc1. The number of sulfone groups is 2. The lowest BCUT2D eigenvalue weighted by Crippen LogP contribution is -2.34. The van der Waals surface area contributed by atoms with Crippen LogP contribution in [0.2, 0.25) is 0 Å². The molecule has 2 saturated heterocycles. The third-order valence-electron chi connectivity index (χ3n) is 15.4. The van der Waals surface area contributed by atoms with E-state index in [0.717, 1.165) is 123 Å². The summed E-state index contributed by atoms with van der Waals surface area (Å²) in [4.78, 5) is 57.3.